The van der Waals surface area contributed by atoms with Gasteiger partial charge in [0.2, 0.25) is 0 Å². The van der Waals surface area contributed by atoms with E-state index in [1.807, 2.05) is 24.9 Å². The molecule has 0 aliphatic carbocycles. The van der Waals surface area contributed by atoms with E-state index < -0.39 is 0 Å². The van der Waals surface area contributed by atoms with Crippen LogP contribution < -0.4 is 5.32 Å². The summed E-state index contributed by atoms with van der Waals surface area (Å²) in [6.45, 7) is 4.36. The number of hydrogen-bond donors (Lipinski definition) is 1. The first-order valence-electron chi connectivity index (χ1n) is 4.03. The predicted octanol–water partition coefficient (Wildman–Crippen LogP) is 3.05. The average Bonchev–Trinajstić information content (AvgIpc) is 2.04. The molecule has 1 N–H and O–H groups in total. The van der Waals surface area contributed by atoms with Gasteiger partial charge in [-0.2, -0.15) is 0 Å². The highest BCUT2D eigenvalue weighted by molar-refractivity contribution is 8.00. The molecule has 1 heterocycles. The number of nitrogens with zero attached hydrogens (tertiary/aromatic N) is 1. The third-order valence-electron chi connectivity index (χ3n) is 1.37. The molecule has 0 bridgehead atoms. The Balaban J connectivity index is 0.00000144. The van der Waals surface area contributed by atoms with Gasteiger partial charge in [-0.25, -0.2) is 4.98 Å². The summed E-state index contributed by atoms with van der Waals surface area (Å²) < 4.78 is 0. The van der Waals surface area contributed by atoms with E-state index in [2.05, 4.69) is 30.2 Å². The average molecular weight is 219 g/mol. The fourth-order valence-corrected chi connectivity index (χ4v) is 1.86. The molecular weight excluding hydrogens is 204 g/mol. The first-order valence-corrected chi connectivity index (χ1v) is 4.91. The minimum absolute atomic E-state index is 0. The van der Waals surface area contributed by atoms with Crippen LogP contribution in [0.15, 0.2) is 23.2 Å². The molecule has 1 aromatic heterocycles. The Hall–Kier alpha value is -0.410. The Morgan fingerprint density at radius 2 is 2.15 bits per heavy atom. The van der Waals surface area contributed by atoms with Crippen molar-refractivity contribution >= 4 is 30.0 Å². The maximum atomic E-state index is 4.22. The Kier molecular flexibility index (Phi) is 5.91. The lowest BCUT2D eigenvalue weighted by molar-refractivity contribution is 1.10. The van der Waals surface area contributed by atoms with Gasteiger partial charge >= 0.3 is 0 Å². The lowest BCUT2D eigenvalue weighted by atomic mass is 10.4. The van der Waals surface area contributed by atoms with Crippen LogP contribution in [-0.4, -0.2) is 17.3 Å². The highest BCUT2D eigenvalue weighted by atomic mass is 35.5. The van der Waals surface area contributed by atoms with Gasteiger partial charge in [0.05, 0.1) is 0 Å². The van der Waals surface area contributed by atoms with Crippen molar-refractivity contribution in [2.24, 2.45) is 0 Å². The molecule has 2 nitrogen and oxygen atoms in total. The number of rotatable bonds is 3. The lowest BCUT2D eigenvalue weighted by Crippen LogP contribution is -1.95. The van der Waals surface area contributed by atoms with Crippen molar-refractivity contribution in [3.8, 4) is 0 Å². The monoisotopic (exact) mass is 218 g/mol. The quantitative estimate of drug-likeness (QED) is 0.790. The second-order valence-electron chi connectivity index (χ2n) is 2.77. The van der Waals surface area contributed by atoms with Crippen LogP contribution in [0.5, 0.6) is 0 Å². The number of nitrogens with one attached hydrogen (secondary N) is 1. The van der Waals surface area contributed by atoms with Crippen molar-refractivity contribution in [1.29, 1.82) is 0 Å². The maximum absolute atomic E-state index is 4.22. The topological polar surface area (TPSA) is 24.9 Å². The SMILES string of the molecule is CNc1ncccc1SC(C)C.Cl. The van der Waals surface area contributed by atoms with Crippen LogP contribution in [0.4, 0.5) is 5.82 Å². The molecule has 0 aromatic carbocycles. The number of hydrogen-bond acceptors (Lipinski definition) is 3. The van der Waals surface area contributed by atoms with Gasteiger partial charge < -0.3 is 5.32 Å². The summed E-state index contributed by atoms with van der Waals surface area (Å²) in [5.74, 6) is 0.969. The van der Waals surface area contributed by atoms with E-state index in [1.54, 1.807) is 6.20 Å². The van der Waals surface area contributed by atoms with Crippen LogP contribution >= 0.6 is 24.2 Å². The molecule has 0 spiro atoms. The summed E-state index contributed by atoms with van der Waals surface area (Å²) in [4.78, 5) is 5.44. The van der Waals surface area contributed by atoms with E-state index in [1.165, 1.54) is 4.90 Å². The molecule has 0 saturated carbocycles. The van der Waals surface area contributed by atoms with Gasteiger partial charge in [0.1, 0.15) is 5.82 Å². The molecule has 0 unspecified atom stereocenters. The molecule has 0 saturated heterocycles. The van der Waals surface area contributed by atoms with Gasteiger partial charge in [-0.1, -0.05) is 13.8 Å². The van der Waals surface area contributed by atoms with Crippen LogP contribution in [0, 0.1) is 0 Å². The van der Waals surface area contributed by atoms with Crippen LogP contribution in [0.1, 0.15) is 13.8 Å². The van der Waals surface area contributed by atoms with Gasteiger partial charge in [0.25, 0.3) is 0 Å². The number of halogens is 1. The number of pyridine rings is 1. The van der Waals surface area contributed by atoms with Gasteiger partial charge in [-0.05, 0) is 12.1 Å². The maximum Gasteiger partial charge on any atom is 0.139 e. The van der Waals surface area contributed by atoms with Crippen molar-refractivity contribution in [2.75, 3.05) is 12.4 Å². The molecule has 0 amide bonds. The third-order valence-corrected chi connectivity index (χ3v) is 2.42. The Morgan fingerprint density at radius 3 is 2.69 bits per heavy atom. The standard InChI is InChI=1S/C9H14N2S.ClH/c1-7(2)12-8-5-4-6-11-9(8)10-3;/h4-7H,1-3H3,(H,10,11);1H. The number of thioether (sulfide) groups is 1. The molecule has 4 heteroatoms. The number of anilines is 1. The van der Waals surface area contributed by atoms with Crippen molar-refractivity contribution < 1.29 is 0 Å². The molecule has 1 aromatic rings. The summed E-state index contributed by atoms with van der Waals surface area (Å²) in [7, 11) is 1.90. The van der Waals surface area contributed by atoms with Crippen molar-refractivity contribution in [3.63, 3.8) is 0 Å². The highest BCUT2D eigenvalue weighted by Crippen LogP contribution is 2.27. The largest absolute Gasteiger partial charge is 0.372 e. The Labute approximate surface area is 89.9 Å². The molecule has 0 fully saturated rings. The molecule has 1 rings (SSSR count). The Bertz CT molecular complexity index is 253. The molecule has 74 valence electrons. The molecule has 0 atom stereocenters. The zero-order valence-corrected chi connectivity index (χ0v) is 9.71. The Morgan fingerprint density at radius 1 is 1.46 bits per heavy atom. The van der Waals surface area contributed by atoms with Crippen LogP contribution in [-0.2, 0) is 0 Å². The van der Waals surface area contributed by atoms with Crippen molar-refractivity contribution in [3.05, 3.63) is 18.3 Å². The molecule has 13 heavy (non-hydrogen) atoms. The second kappa shape index (κ2) is 6.11. The van der Waals surface area contributed by atoms with E-state index in [0.29, 0.717) is 5.25 Å². The third kappa shape index (κ3) is 3.87. The van der Waals surface area contributed by atoms with Crippen LogP contribution in [0.25, 0.3) is 0 Å². The van der Waals surface area contributed by atoms with Crippen molar-refractivity contribution in [1.82, 2.24) is 4.98 Å². The molecule has 0 aliphatic heterocycles. The number of aromatic nitrogens is 1. The predicted molar refractivity (Wildman–Crippen MR) is 62.0 cm³/mol. The van der Waals surface area contributed by atoms with E-state index in [4.69, 9.17) is 0 Å². The summed E-state index contributed by atoms with van der Waals surface area (Å²) in [6.07, 6.45) is 1.80. The van der Waals surface area contributed by atoms with E-state index >= 15 is 0 Å². The summed E-state index contributed by atoms with van der Waals surface area (Å²) in [5.41, 5.74) is 0. The van der Waals surface area contributed by atoms with E-state index in [0.717, 1.165) is 5.82 Å². The van der Waals surface area contributed by atoms with E-state index in [9.17, 15) is 0 Å². The van der Waals surface area contributed by atoms with Crippen molar-refractivity contribution in [2.45, 2.75) is 24.0 Å². The van der Waals surface area contributed by atoms with E-state index in [-0.39, 0.29) is 12.4 Å². The highest BCUT2D eigenvalue weighted by Gasteiger charge is 2.03. The zero-order chi connectivity index (χ0) is 8.97. The van der Waals surface area contributed by atoms with Crippen LogP contribution in [0.2, 0.25) is 0 Å². The van der Waals surface area contributed by atoms with Crippen LogP contribution in [0.3, 0.4) is 0 Å². The van der Waals surface area contributed by atoms with Gasteiger partial charge in [-0.15, -0.1) is 24.2 Å². The molecule has 0 radical (unpaired) electrons. The fourth-order valence-electron chi connectivity index (χ4n) is 0.927. The smallest absolute Gasteiger partial charge is 0.139 e. The summed E-state index contributed by atoms with van der Waals surface area (Å²) >= 11 is 1.82. The van der Waals surface area contributed by atoms with Gasteiger partial charge in [-0.3, -0.25) is 0 Å². The fraction of sp³-hybridized carbons (Fsp3) is 0.444. The first kappa shape index (κ1) is 12.6. The molecule has 0 aliphatic rings. The normalized spacial score (nSPS) is 9.54. The second-order valence-corrected chi connectivity index (χ2v) is 4.39. The van der Waals surface area contributed by atoms with Gasteiger partial charge in [0.15, 0.2) is 0 Å². The minimum atomic E-state index is 0. The zero-order valence-electron chi connectivity index (χ0n) is 8.07. The summed E-state index contributed by atoms with van der Waals surface area (Å²) in [6, 6.07) is 4.05. The molecular formula is C9H15ClN2S. The lowest BCUT2D eigenvalue weighted by Gasteiger charge is -2.08. The summed E-state index contributed by atoms with van der Waals surface area (Å²) in [5, 5.41) is 3.67. The minimum Gasteiger partial charge on any atom is -0.372 e. The van der Waals surface area contributed by atoms with Gasteiger partial charge in [0, 0.05) is 23.4 Å². The first-order chi connectivity index (χ1) is 5.74.